The van der Waals surface area contributed by atoms with Crippen LogP contribution >= 0.6 is 11.8 Å². The van der Waals surface area contributed by atoms with Gasteiger partial charge in [-0.05, 0) is 34.0 Å². The summed E-state index contributed by atoms with van der Waals surface area (Å²) in [5, 5.41) is 12.7. The summed E-state index contributed by atoms with van der Waals surface area (Å²) in [7, 11) is 1.68. The summed E-state index contributed by atoms with van der Waals surface area (Å²) >= 11 is 1.64. The third-order valence-electron chi connectivity index (χ3n) is 2.54. The minimum absolute atomic E-state index is 0.527. The molecule has 0 fully saturated rings. The quantitative estimate of drug-likeness (QED) is 0.760. The molecule has 2 aromatic rings. The van der Waals surface area contributed by atoms with Crippen molar-refractivity contribution in [2.45, 2.75) is 31.3 Å². The number of hydrogen-bond acceptors (Lipinski definition) is 5. The number of methoxy groups -OCH3 is 1. The Bertz CT molecular complexity index is 527. The second-order valence-corrected chi connectivity index (χ2v) is 5.62. The van der Waals surface area contributed by atoms with Crippen LogP contribution in [0.1, 0.15) is 19.4 Å². The van der Waals surface area contributed by atoms with Gasteiger partial charge in [0.1, 0.15) is 5.75 Å². The van der Waals surface area contributed by atoms with E-state index in [1.807, 2.05) is 22.9 Å². The number of aromatic nitrogens is 4. The van der Waals surface area contributed by atoms with Crippen molar-refractivity contribution < 1.29 is 4.74 Å². The standard InChI is InChI=1S/C13H18N4OS/c1-10(2)8-17-13(14-15-16-17)19-9-11-5-4-6-12(7-11)18-3/h4-7,10H,8-9H2,1-3H3. The highest BCUT2D eigenvalue weighted by Crippen LogP contribution is 2.22. The second-order valence-electron chi connectivity index (χ2n) is 4.68. The van der Waals surface area contributed by atoms with Gasteiger partial charge in [0.05, 0.1) is 7.11 Å². The number of thioether (sulfide) groups is 1. The van der Waals surface area contributed by atoms with E-state index in [1.54, 1.807) is 18.9 Å². The average Bonchev–Trinajstić information content (AvgIpc) is 2.83. The molecule has 1 aromatic carbocycles. The Morgan fingerprint density at radius 2 is 2.21 bits per heavy atom. The molecule has 0 aliphatic rings. The van der Waals surface area contributed by atoms with Crippen molar-refractivity contribution in [3.63, 3.8) is 0 Å². The van der Waals surface area contributed by atoms with Crippen LogP contribution in [0.15, 0.2) is 29.4 Å². The van der Waals surface area contributed by atoms with Crippen molar-refractivity contribution in [3.05, 3.63) is 29.8 Å². The third kappa shape index (κ3) is 3.96. The van der Waals surface area contributed by atoms with Crippen LogP contribution in [-0.2, 0) is 12.3 Å². The Morgan fingerprint density at radius 3 is 2.95 bits per heavy atom. The Hall–Kier alpha value is -1.56. The SMILES string of the molecule is COc1cccc(CSc2nnnn2CC(C)C)c1. The highest BCUT2D eigenvalue weighted by Gasteiger charge is 2.08. The van der Waals surface area contributed by atoms with Gasteiger partial charge in [-0.15, -0.1) is 5.10 Å². The van der Waals surface area contributed by atoms with Gasteiger partial charge < -0.3 is 4.74 Å². The summed E-state index contributed by atoms with van der Waals surface area (Å²) in [6.07, 6.45) is 0. The molecular weight excluding hydrogens is 260 g/mol. The van der Waals surface area contributed by atoms with E-state index < -0.39 is 0 Å². The third-order valence-corrected chi connectivity index (χ3v) is 3.57. The van der Waals surface area contributed by atoms with E-state index in [9.17, 15) is 0 Å². The van der Waals surface area contributed by atoms with Gasteiger partial charge >= 0.3 is 0 Å². The van der Waals surface area contributed by atoms with Crippen molar-refractivity contribution in [1.82, 2.24) is 20.2 Å². The van der Waals surface area contributed by atoms with Crippen LogP contribution in [0.3, 0.4) is 0 Å². The second kappa shape index (κ2) is 6.56. The van der Waals surface area contributed by atoms with Crippen molar-refractivity contribution in [2.75, 3.05) is 7.11 Å². The molecule has 0 amide bonds. The summed E-state index contributed by atoms with van der Waals surface area (Å²) in [4.78, 5) is 0. The summed E-state index contributed by atoms with van der Waals surface area (Å²) in [5.74, 6) is 2.23. The normalized spacial score (nSPS) is 10.9. The van der Waals surface area contributed by atoms with E-state index in [1.165, 1.54) is 5.56 Å². The highest BCUT2D eigenvalue weighted by atomic mass is 32.2. The summed E-state index contributed by atoms with van der Waals surface area (Å²) < 4.78 is 7.07. The zero-order chi connectivity index (χ0) is 13.7. The Morgan fingerprint density at radius 1 is 1.37 bits per heavy atom. The molecule has 1 aromatic heterocycles. The van der Waals surface area contributed by atoms with Gasteiger partial charge in [0.2, 0.25) is 5.16 Å². The maximum atomic E-state index is 5.21. The van der Waals surface area contributed by atoms with E-state index in [0.717, 1.165) is 23.2 Å². The fourth-order valence-electron chi connectivity index (χ4n) is 1.67. The zero-order valence-corrected chi connectivity index (χ0v) is 12.2. The smallest absolute Gasteiger partial charge is 0.209 e. The molecule has 6 heteroatoms. The molecule has 0 unspecified atom stereocenters. The predicted molar refractivity (Wildman–Crippen MR) is 75.2 cm³/mol. The van der Waals surface area contributed by atoms with Crippen LogP contribution in [-0.4, -0.2) is 27.3 Å². The van der Waals surface area contributed by atoms with E-state index in [4.69, 9.17) is 4.74 Å². The molecule has 0 N–H and O–H groups in total. The van der Waals surface area contributed by atoms with Crippen LogP contribution in [0.2, 0.25) is 0 Å². The summed E-state index contributed by atoms with van der Waals surface area (Å²) in [6.45, 7) is 5.14. The summed E-state index contributed by atoms with van der Waals surface area (Å²) in [5.41, 5.74) is 1.20. The molecule has 19 heavy (non-hydrogen) atoms. The van der Waals surface area contributed by atoms with Gasteiger partial charge in [-0.3, -0.25) is 0 Å². The maximum absolute atomic E-state index is 5.21. The fraction of sp³-hybridized carbons (Fsp3) is 0.462. The first kappa shape index (κ1) is 13.9. The highest BCUT2D eigenvalue weighted by molar-refractivity contribution is 7.98. The van der Waals surface area contributed by atoms with Gasteiger partial charge in [0, 0.05) is 12.3 Å². The van der Waals surface area contributed by atoms with Crippen LogP contribution in [0.5, 0.6) is 5.75 Å². The molecule has 0 aliphatic carbocycles. The monoisotopic (exact) mass is 278 g/mol. The van der Waals surface area contributed by atoms with Gasteiger partial charge in [-0.25, -0.2) is 4.68 Å². The van der Waals surface area contributed by atoms with Gasteiger partial charge in [0.15, 0.2) is 0 Å². The largest absolute Gasteiger partial charge is 0.497 e. The number of nitrogens with zero attached hydrogens (tertiary/aromatic N) is 4. The molecule has 1 heterocycles. The van der Waals surface area contributed by atoms with E-state index in [0.29, 0.717) is 5.92 Å². The number of benzene rings is 1. The van der Waals surface area contributed by atoms with Gasteiger partial charge in [-0.1, -0.05) is 37.7 Å². The molecule has 5 nitrogen and oxygen atoms in total. The number of ether oxygens (including phenoxy) is 1. The van der Waals surface area contributed by atoms with Gasteiger partial charge in [-0.2, -0.15) is 0 Å². The Kier molecular flexibility index (Phi) is 4.79. The molecule has 0 atom stereocenters. The first-order valence-corrected chi connectivity index (χ1v) is 7.19. The minimum Gasteiger partial charge on any atom is -0.497 e. The Balaban J connectivity index is 2.00. The molecule has 0 saturated carbocycles. The van der Waals surface area contributed by atoms with Crippen LogP contribution < -0.4 is 4.74 Å². The van der Waals surface area contributed by atoms with Crippen LogP contribution in [0.25, 0.3) is 0 Å². The van der Waals surface area contributed by atoms with Crippen molar-refractivity contribution in [3.8, 4) is 5.75 Å². The minimum atomic E-state index is 0.527. The Labute approximate surface area is 117 Å². The molecule has 0 saturated heterocycles. The number of hydrogen-bond donors (Lipinski definition) is 0. The van der Waals surface area contributed by atoms with Crippen molar-refractivity contribution in [1.29, 1.82) is 0 Å². The average molecular weight is 278 g/mol. The topological polar surface area (TPSA) is 52.8 Å². The van der Waals surface area contributed by atoms with Crippen molar-refractivity contribution in [2.24, 2.45) is 5.92 Å². The molecule has 0 bridgehead atoms. The predicted octanol–water partition coefficient (Wildman–Crippen LogP) is 2.63. The first-order chi connectivity index (χ1) is 9.19. The molecule has 102 valence electrons. The number of rotatable bonds is 6. The first-order valence-electron chi connectivity index (χ1n) is 6.21. The lowest BCUT2D eigenvalue weighted by Crippen LogP contribution is -2.07. The molecular formula is C13H18N4OS. The maximum Gasteiger partial charge on any atom is 0.209 e. The molecule has 0 aliphatic heterocycles. The van der Waals surface area contributed by atoms with Crippen LogP contribution in [0, 0.1) is 5.92 Å². The molecule has 2 rings (SSSR count). The summed E-state index contributed by atoms with van der Waals surface area (Å²) in [6, 6.07) is 8.04. The number of tetrazole rings is 1. The van der Waals surface area contributed by atoms with E-state index >= 15 is 0 Å². The molecule has 0 radical (unpaired) electrons. The van der Waals surface area contributed by atoms with E-state index in [-0.39, 0.29) is 0 Å². The molecule has 0 spiro atoms. The van der Waals surface area contributed by atoms with Gasteiger partial charge in [0.25, 0.3) is 0 Å². The zero-order valence-electron chi connectivity index (χ0n) is 11.4. The lowest BCUT2D eigenvalue weighted by molar-refractivity contribution is 0.414. The lowest BCUT2D eigenvalue weighted by Gasteiger charge is -2.07. The lowest BCUT2D eigenvalue weighted by atomic mass is 10.2. The van der Waals surface area contributed by atoms with Crippen LogP contribution in [0.4, 0.5) is 0 Å². The fourth-order valence-corrected chi connectivity index (χ4v) is 2.50. The van der Waals surface area contributed by atoms with Crippen molar-refractivity contribution >= 4 is 11.8 Å². The van der Waals surface area contributed by atoms with E-state index in [2.05, 4.69) is 35.4 Å².